The predicted octanol–water partition coefficient (Wildman–Crippen LogP) is 9.02. The Bertz CT molecular complexity index is 1480. The van der Waals surface area contributed by atoms with Gasteiger partial charge in [-0.3, -0.25) is 14.4 Å². The van der Waals surface area contributed by atoms with Crippen LogP contribution in [0, 0.1) is 11.8 Å². The summed E-state index contributed by atoms with van der Waals surface area (Å²) in [5, 5.41) is 0. The zero-order valence-corrected chi connectivity index (χ0v) is 30.4. The van der Waals surface area contributed by atoms with Crippen LogP contribution in [0.25, 0.3) is 0 Å². The number of carbonyl (C=O) groups is 3. The normalized spacial score (nSPS) is 28.1. The third-order valence-electron chi connectivity index (χ3n) is 10.5. The smallest absolute Gasteiger partial charge is 0.308 e. The molecule has 242 valence electrons. The fourth-order valence-electron chi connectivity index (χ4n) is 8.71. The number of hydrogen-bond acceptors (Lipinski definition) is 6. The van der Waals surface area contributed by atoms with Crippen molar-refractivity contribution < 1.29 is 28.3 Å². The number of ether oxygens (including phenoxy) is 2. The summed E-state index contributed by atoms with van der Waals surface area (Å²) < 4.78 is 18.6. The number of alkyl halides is 1. The predicted molar refractivity (Wildman–Crippen MR) is 183 cm³/mol. The Morgan fingerprint density at radius 1 is 0.978 bits per heavy atom. The monoisotopic (exact) mass is 694 g/mol. The van der Waals surface area contributed by atoms with Gasteiger partial charge in [0.15, 0.2) is 11.6 Å². The van der Waals surface area contributed by atoms with Gasteiger partial charge in [-0.25, -0.2) is 0 Å². The molecule has 0 heterocycles. The molecule has 3 aliphatic carbocycles. The Morgan fingerprint density at radius 2 is 1.62 bits per heavy atom. The summed E-state index contributed by atoms with van der Waals surface area (Å²) in [5.74, 6) is -1.72. The molecule has 1 saturated carbocycles. The van der Waals surface area contributed by atoms with Gasteiger partial charge in [0.25, 0.3) is 0 Å². The molecular formula is C37H47BrO6Si. The van der Waals surface area contributed by atoms with E-state index in [1.54, 1.807) is 18.2 Å². The zero-order valence-electron chi connectivity index (χ0n) is 27.8. The maximum Gasteiger partial charge on any atom is 0.308 e. The molecule has 1 fully saturated rings. The summed E-state index contributed by atoms with van der Waals surface area (Å²) in [5.41, 5.74) is 3.20. The van der Waals surface area contributed by atoms with E-state index < -0.39 is 30.1 Å². The van der Waals surface area contributed by atoms with Crippen molar-refractivity contribution in [3.8, 4) is 5.75 Å². The molecule has 0 unspecified atom stereocenters. The van der Waals surface area contributed by atoms with Gasteiger partial charge in [0.05, 0.1) is 23.9 Å². The van der Waals surface area contributed by atoms with E-state index in [4.69, 9.17) is 13.9 Å². The lowest BCUT2D eigenvalue weighted by Crippen LogP contribution is -2.64. The van der Waals surface area contributed by atoms with Crippen LogP contribution in [-0.4, -0.2) is 41.9 Å². The van der Waals surface area contributed by atoms with E-state index in [9.17, 15) is 14.4 Å². The van der Waals surface area contributed by atoms with E-state index in [0.29, 0.717) is 48.1 Å². The lowest BCUT2D eigenvalue weighted by molar-refractivity contribution is -0.131. The summed E-state index contributed by atoms with van der Waals surface area (Å²) in [7, 11) is -2.43. The second kappa shape index (κ2) is 12.7. The first kappa shape index (κ1) is 34.0. The largest absolute Gasteiger partial charge is 0.426 e. The third kappa shape index (κ3) is 5.85. The molecule has 2 aromatic carbocycles. The molecule has 0 radical (unpaired) electrons. The second-order valence-corrected chi connectivity index (χ2v) is 21.1. The number of ketones is 2. The second-order valence-electron chi connectivity index (χ2n) is 14.4. The van der Waals surface area contributed by atoms with E-state index in [-0.39, 0.29) is 34.9 Å². The molecule has 2 aromatic rings. The molecular weight excluding hydrogens is 648 g/mol. The van der Waals surface area contributed by atoms with Gasteiger partial charge in [-0.05, 0) is 48.0 Å². The average Bonchev–Trinajstić information content (AvgIpc) is 2.97. The minimum absolute atomic E-state index is 0.145. The Morgan fingerprint density at radius 3 is 2.22 bits per heavy atom. The summed E-state index contributed by atoms with van der Waals surface area (Å²) in [4.78, 5) is 41.0. The van der Waals surface area contributed by atoms with Gasteiger partial charge < -0.3 is 13.9 Å². The average molecular weight is 696 g/mol. The van der Waals surface area contributed by atoms with Gasteiger partial charge in [-0.15, -0.1) is 0 Å². The van der Waals surface area contributed by atoms with Crippen LogP contribution in [0.3, 0.4) is 0 Å². The van der Waals surface area contributed by atoms with Crippen molar-refractivity contribution in [1.82, 2.24) is 0 Å². The maximum atomic E-state index is 14.8. The van der Waals surface area contributed by atoms with Crippen molar-refractivity contribution >= 4 is 41.8 Å². The first-order chi connectivity index (χ1) is 21.2. The maximum absolute atomic E-state index is 14.8. The lowest BCUT2D eigenvalue weighted by atomic mass is 9.57. The van der Waals surface area contributed by atoms with Crippen molar-refractivity contribution in [2.75, 3.05) is 0 Å². The number of allylic oxidation sites excluding steroid dienone is 1. The third-order valence-corrected chi connectivity index (χ3v) is 18.0. The number of esters is 1. The van der Waals surface area contributed by atoms with E-state index in [2.05, 4.69) is 82.6 Å². The Kier molecular flexibility index (Phi) is 9.55. The molecule has 3 aliphatic rings. The number of carbonyl (C=O) groups excluding carboxylic acids is 3. The zero-order chi connectivity index (χ0) is 32.9. The summed E-state index contributed by atoms with van der Waals surface area (Å²) in [6.07, 6.45) is 3.46. The van der Waals surface area contributed by atoms with Crippen molar-refractivity contribution in [2.24, 2.45) is 11.8 Å². The molecule has 0 spiro atoms. The van der Waals surface area contributed by atoms with Gasteiger partial charge >= 0.3 is 5.97 Å². The number of fused-ring (bicyclic) bond motifs is 4. The van der Waals surface area contributed by atoms with E-state index in [0.717, 1.165) is 11.1 Å². The highest BCUT2D eigenvalue weighted by Crippen LogP contribution is 2.59. The van der Waals surface area contributed by atoms with Crippen LogP contribution in [0.4, 0.5) is 0 Å². The molecule has 5 atom stereocenters. The van der Waals surface area contributed by atoms with Crippen molar-refractivity contribution in [2.45, 2.75) is 114 Å². The molecule has 8 heteroatoms. The van der Waals surface area contributed by atoms with E-state index >= 15 is 0 Å². The molecule has 0 N–H and O–H groups in total. The van der Waals surface area contributed by atoms with E-state index in [1.807, 2.05) is 18.2 Å². The van der Waals surface area contributed by atoms with Crippen molar-refractivity contribution in [3.63, 3.8) is 0 Å². The minimum Gasteiger partial charge on any atom is -0.426 e. The van der Waals surface area contributed by atoms with Crippen LogP contribution in [-0.2, 0) is 20.6 Å². The molecule has 0 amide bonds. The van der Waals surface area contributed by atoms with Gasteiger partial charge in [-0.1, -0.05) is 112 Å². The Labute approximate surface area is 277 Å². The fraction of sp³-hybridized carbons (Fsp3) is 0.541. The van der Waals surface area contributed by atoms with Gasteiger partial charge in [0.2, 0.25) is 8.32 Å². The highest BCUT2D eigenvalue weighted by Gasteiger charge is 2.64. The van der Waals surface area contributed by atoms with Gasteiger partial charge in [0.1, 0.15) is 10.1 Å². The number of halogens is 1. The van der Waals surface area contributed by atoms with Crippen LogP contribution < -0.4 is 4.74 Å². The standard InChI is InChI=1S/C37H47BrO6Si/c1-22(2)45(23(3)4,24(5)6)44-31-20-36(8,42-21-26-13-10-9-11-14-26)19-27-17-18-29-34(40)32-28(35(41)37(29,38)33(27)31)15-12-16-30(32)43-25(7)39/h9-17,22-24,29,31,33H,18-21H2,1-8H3/t29-,31+,33+,36+,37-/m0/s1. The lowest BCUT2D eigenvalue weighted by Gasteiger charge is -2.57. The number of benzene rings is 2. The SMILES string of the molecule is CC(=O)Oc1cccc2c1C(=O)[C@@H]1CC=C3C[C@@](C)(OCc4ccccc4)C[C@@H](O[Si](C(C)C)(C(C)C)C(C)C)[C@@H]3[C@]1(Br)C2=O. The first-order valence-electron chi connectivity index (χ1n) is 16.3. The Balaban J connectivity index is 1.62. The molecule has 0 aliphatic heterocycles. The molecule has 6 nitrogen and oxygen atoms in total. The summed E-state index contributed by atoms with van der Waals surface area (Å²) in [6.45, 7) is 17.6. The first-order valence-corrected chi connectivity index (χ1v) is 19.2. The number of rotatable bonds is 9. The van der Waals surface area contributed by atoms with Crippen molar-refractivity contribution in [3.05, 3.63) is 76.9 Å². The molecule has 45 heavy (non-hydrogen) atoms. The molecule has 0 bridgehead atoms. The van der Waals surface area contributed by atoms with Crippen LogP contribution in [0.15, 0.2) is 60.2 Å². The number of Topliss-reactive ketones (excluding diaryl/α,β-unsaturated/α-hetero) is 2. The molecule has 0 saturated heterocycles. The van der Waals surface area contributed by atoms with Gasteiger partial charge in [-0.2, -0.15) is 0 Å². The molecule has 0 aromatic heterocycles. The van der Waals surface area contributed by atoms with Crippen LogP contribution in [0.5, 0.6) is 5.75 Å². The topological polar surface area (TPSA) is 78.9 Å². The quantitative estimate of drug-likeness (QED) is 0.0857. The highest BCUT2D eigenvalue weighted by atomic mass is 79.9. The summed E-state index contributed by atoms with van der Waals surface area (Å²) >= 11 is 4.01. The highest BCUT2D eigenvalue weighted by molar-refractivity contribution is 9.10. The van der Waals surface area contributed by atoms with Gasteiger partial charge in [0, 0.05) is 30.7 Å². The number of hydrogen-bond donors (Lipinski definition) is 0. The van der Waals surface area contributed by atoms with Crippen LogP contribution in [0.2, 0.25) is 16.6 Å². The van der Waals surface area contributed by atoms with Crippen LogP contribution >= 0.6 is 15.9 Å². The van der Waals surface area contributed by atoms with E-state index in [1.165, 1.54) is 6.92 Å². The fourth-order valence-corrected chi connectivity index (χ4v) is 15.5. The van der Waals surface area contributed by atoms with Crippen molar-refractivity contribution in [1.29, 1.82) is 0 Å². The Hall–Kier alpha value is -2.39. The van der Waals surface area contributed by atoms with Crippen LogP contribution in [0.1, 0.15) is 101 Å². The minimum atomic E-state index is -2.43. The molecule has 5 rings (SSSR count). The summed E-state index contributed by atoms with van der Waals surface area (Å²) in [6, 6.07) is 15.1.